The fraction of sp³-hybridized carbons (Fsp3) is 0.0833. The van der Waals surface area contributed by atoms with E-state index in [2.05, 4.69) is 26.1 Å². The number of hydrogen-bond acceptors (Lipinski definition) is 8. The molecule has 0 spiro atoms. The number of Topliss-reactive ketones (excluding diaryl/α,β-unsaturated/α-hetero) is 1. The lowest BCUT2D eigenvalue weighted by molar-refractivity contribution is -0.132. The van der Waals surface area contributed by atoms with Gasteiger partial charge >= 0.3 is 5.91 Å². The summed E-state index contributed by atoms with van der Waals surface area (Å²) >= 11 is 19.6. The Balaban J connectivity index is 1.49. The lowest BCUT2D eigenvalue weighted by Crippen LogP contribution is -2.29. The van der Waals surface area contributed by atoms with E-state index >= 15 is 0 Å². The molecule has 182 valence electrons. The number of aliphatic hydroxyl groups excluding tert-OH is 1. The quantitative estimate of drug-likeness (QED) is 0.0770. The van der Waals surface area contributed by atoms with Gasteiger partial charge in [-0.1, -0.05) is 86.5 Å². The van der Waals surface area contributed by atoms with Crippen LogP contribution in [0.4, 0.5) is 5.13 Å². The van der Waals surface area contributed by atoms with Gasteiger partial charge < -0.3 is 5.11 Å². The summed E-state index contributed by atoms with van der Waals surface area (Å²) in [5.41, 5.74) is 1.34. The summed E-state index contributed by atoms with van der Waals surface area (Å²) in [6.07, 6.45) is 0. The van der Waals surface area contributed by atoms with E-state index in [-0.39, 0.29) is 16.5 Å². The molecule has 1 aliphatic heterocycles. The van der Waals surface area contributed by atoms with Crippen molar-refractivity contribution in [1.82, 2.24) is 10.2 Å². The first-order valence-electron chi connectivity index (χ1n) is 10.3. The molecule has 2 aromatic heterocycles. The van der Waals surface area contributed by atoms with E-state index in [1.165, 1.54) is 39.3 Å². The molecule has 2 aromatic carbocycles. The lowest BCUT2D eigenvalue weighted by Gasteiger charge is -2.20. The van der Waals surface area contributed by atoms with E-state index in [4.69, 9.17) is 23.2 Å². The maximum Gasteiger partial charge on any atom is 0.301 e. The molecule has 12 heteroatoms. The van der Waals surface area contributed by atoms with Crippen molar-refractivity contribution in [3.63, 3.8) is 0 Å². The van der Waals surface area contributed by atoms with Gasteiger partial charge in [0.2, 0.25) is 5.13 Å². The molecule has 1 amide bonds. The molecule has 1 atom stereocenters. The molecule has 0 saturated carbocycles. The van der Waals surface area contributed by atoms with Gasteiger partial charge in [0.05, 0.1) is 5.57 Å². The molecule has 1 aliphatic rings. The Labute approximate surface area is 236 Å². The zero-order valence-electron chi connectivity index (χ0n) is 18.0. The van der Waals surface area contributed by atoms with E-state index in [1.807, 2.05) is 23.6 Å². The van der Waals surface area contributed by atoms with Crippen molar-refractivity contribution in [2.45, 2.75) is 16.1 Å². The van der Waals surface area contributed by atoms with Gasteiger partial charge in [-0.15, -0.1) is 21.5 Å². The smallest absolute Gasteiger partial charge is 0.301 e. The van der Waals surface area contributed by atoms with Gasteiger partial charge in [-0.3, -0.25) is 14.5 Å². The summed E-state index contributed by atoms with van der Waals surface area (Å²) < 4.78 is 1.43. The second-order valence-electron chi connectivity index (χ2n) is 7.57. The number of ketones is 1. The Morgan fingerprint density at radius 3 is 2.58 bits per heavy atom. The molecule has 1 N–H and O–H groups in total. The minimum atomic E-state index is -0.815. The fourth-order valence-corrected chi connectivity index (χ4v) is 7.16. The van der Waals surface area contributed by atoms with Gasteiger partial charge in [-0.05, 0) is 41.3 Å². The number of aromatic nitrogens is 2. The van der Waals surface area contributed by atoms with E-state index in [0.29, 0.717) is 25.7 Å². The summed E-state index contributed by atoms with van der Waals surface area (Å²) in [5, 5.41) is 22.8. The number of thioether (sulfide) groups is 1. The maximum atomic E-state index is 13.2. The molecule has 3 heterocycles. The molecule has 0 radical (unpaired) electrons. The number of carbonyl (C=O) groups excluding carboxylic acids is 2. The second kappa shape index (κ2) is 10.6. The zero-order chi connectivity index (χ0) is 25.4. The van der Waals surface area contributed by atoms with Crippen LogP contribution in [0.5, 0.6) is 0 Å². The van der Waals surface area contributed by atoms with Crippen LogP contribution < -0.4 is 4.90 Å². The standard InChI is InChI=1S/C24H14BrCl2N3O3S3/c25-14-6-3-12(4-7-14)20(31)18-19(17-2-1-9-34-17)30(22(33)21(18)32)23-28-29-24(36-23)35-11-13-5-8-15(26)10-16(13)27/h1-10,19,31H,11H2/b20-18-. The number of anilines is 1. The number of amides is 1. The van der Waals surface area contributed by atoms with Gasteiger partial charge in [0.25, 0.3) is 5.78 Å². The highest BCUT2D eigenvalue weighted by Crippen LogP contribution is 2.45. The van der Waals surface area contributed by atoms with Crippen molar-refractivity contribution < 1.29 is 14.7 Å². The van der Waals surface area contributed by atoms with Gasteiger partial charge in [-0.2, -0.15) is 0 Å². The van der Waals surface area contributed by atoms with Gasteiger partial charge in [-0.25, -0.2) is 0 Å². The van der Waals surface area contributed by atoms with Crippen molar-refractivity contribution in [3.8, 4) is 0 Å². The highest BCUT2D eigenvalue weighted by Gasteiger charge is 2.48. The molecule has 0 aliphatic carbocycles. The molecule has 0 bridgehead atoms. The SMILES string of the molecule is O=C1C(=O)N(c2nnc(SCc3ccc(Cl)cc3Cl)s2)C(c2cccs2)/C1=C(/O)c1ccc(Br)cc1. The van der Waals surface area contributed by atoms with Gasteiger partial charge in [0.15, 0.2) is 4.34 Å². The molecule has 5 rings (SSSR count). The normalized spacial score (nSPS) is 17.2. The number of carbonyl (C=O) groups is 2. The first kappa shape index (κ1) is 25.4. The van der Waals surface area contributed by atoms with Crippen LogP contribution in [0.25, 0.3) is 5.76 Å². The van der Waals surface area contributed by atoms with E-state index in [1.54, 1.807) is 36.4 Å². The monoisotopic (exact) mass is 637 g/mol. The van der Waals surface area contributed by atoms with Crippen LogP contribution in [0.3, 0.4) is 0 Å². The van der Waals surface area contributed by atoms with E-state index in [0.717, 1.165) is 14.9 Å². The minimum Gasteiger partial charge on any atom is -0.507 e. The number of aliphatic hydroxyl groups is 1. The summed E-state index contributed by atoms with van der Waals surface area (Å²) in [4.78, 5) is 28.4. The van der Waals surface area contributed by atoms with Gasteiger partial charge in [0, 0.05) is 30.7 Å². The number of benzene rings is 2. The van der Waals surface area contributed by atoms with Crippen molar-refractivity contribution in [2.75, 3.05) is 4.90 Å². The molecule has 36 heavy (non-hydrogen) atoms. The molecule has 1 saturated heterocycles. The molecular weight excluding hydrogens is 625 g/mol. The number of thiophene rings is 1. The molecular formula is C24H14BrCl2N3O3S3. The average Bonchev–Trinajstić information content (AvgIpc) is 3.59. The van der Waals surface area contributed by atoms with Crippen LogP contribution in [0.1, 0.15) is 22.0 Å². The van der Waals surface area contributed by atoms with Crippen LogP contribution in [0, 0.1) is 0 Å². The molecule has 1 unspecified atom stereocenters. The Kier molecular flexibility index (Phi) is 7.52. The van der Waals surface area contributed by atoms with Crippen LogP contribution in [-0.4, -0.2) is 27.0 Å². The van der Waals surface area contributed by atoms with Crippen molar-refractivity contribution >= 4 is 96.1 Å². The molecule has 4 aromatic rings. The molecule has 1 fully saturated rings. The summed E-state index contributed by atoms with van der Waals surface area (Å²) in [7, 11) is 0. The first-order chi connectivity index (χ1) is 17.3. The number of hydrogen-bond donors (Lipinski definition) is 1. The van der Waals surface area contributed by atoms with Crippen molar-refractivity contribution in [1.29, 1.82) is 0 Å². The Hall–Kier alpha value is -2.21. The number of nitrogens with zero attached hydrogens (tertiary/aromatic N) is 3. The Morgan fingerprint density at radius 1 is 1.11 bits per heavy atom. The van der Waals surface area contributed by atoms with Crippen LogP contribution in [-0.2, 0) is 15.3 Å². The van der Waals surface area contributed by atoms with Crippen LogP contribution in [0.15, 0.2) is 74.4 Å². The van der Waals surface area contributed by atoms with Crippen molar-refractivity contribution in [2.24, 2.45) is 0 Å². The maximum absolute atomic E-state index is 13.2. The third kappa shape index (κ3) is 4.98. The topological polar surface area (TPSA) is 83.4 Å². The number of rotatable bonds is 6. The predicted molar refractivity (Wildman–Crippen MR) is 149 cm³/mol. The zero-order valence-corrected chi connectivity index (χ0v) is 23.6. The number of halogens is 3. The second-order valence-corrected chi connectivity index (χ2v) is 12.5. The van der Waals surface area contributed by atoms with Crippen LogP contribution in [0.2, 0.25) is 10.0 Å². The highest BCUT2D eigenvalue weighted by molar-refractivity contribution is 9.10. The third-order valence-corrected chi connectivity index (χ3v) is 9.49. The Bertz CT molecular complexity index is 1490. The van der Waals surface area contributed by atoms with Crippen LogP contribution >= 0.6 is 73.6 Å². The lowest BCUT2D eigenvalue weighted by atomic mass is 10.00. The van der Waals surface area contributed by atoms with Gasteiger partial charge in [0.1, 0.15) is 11.8 Å². The van der Waals surface area contributed by atoms with E-state index in [9.17, 15) is 14.7 Å². The summed E-state index contributed by atoms with van der Waals surface area (Å²) in [6, 6.07) is 15.0. The largest absolute Gasteiger partial charge is 0.507 e. The minimum absolute atomic E-state index is 0.0159. The predicted octanol–water partition coefficient (Wildman–Crippen LogP) is 7.59. The third-order valence-electron chi connectivity index (χ3n) is 5.34. The fourth-order valence-electron chi connectivity index (χ4n) is 3.65. The average molecular weight is 639 g/mol. The van der Waals surface area contributed by atoms with E-state index < -0.39 is 17.7 Å². The summed E-state index contributed by atoms with van der Waals surface area (Å²) in [5.74, 6) is -1.24. The first-order valence-corrected chi connectivity index (χ1v) is 14.6. The van der Waals surface area contributed by atoms with Crippen molar-refractivity contribution in [3.05, 3.63) is 96.1 Å². The highest BCUT2D eigenvalue weighted by atomic mass is 79.9. The Morgan fingerprint density at radius 2 is 1.89 bits per heavy atom. The summed E-state index contributed by atoms with van der Waals surface area (Å²) in [6.45, 7) is 0. The molecule has 6 nitrogen and oxygen atoms in total.